The molecule has 1 N–H and O–H groups in total. The Morgan fingerprint density at radius 3 is 2.42 bits per heavy atom. The van der Waals surface area contributed by atoms with E-state index >= 15 is 0 Å². The van der Waals surface area contributed by atoms with Crippen molar-refractivity contribution in [2.75, 3.05) is 13.2 Å². The maximum Gasteiger partial charge on any atom is 0.171 e. The summed E-state index contributed by atoms with van der Waals surface area (Å²) in [5, 5.41) is 9.55. The van der Waals surface area contributed by atoms with Crippen molar-refractivity contribution >= 4 is 0 Å². The lowest BCUT2D eigenvalue weighted by Gasteiger charge is -2.33. The number of rotatable bonds is 0. The molecule has 68 valence electrons. The third kappa shape index (κ3) is 0.767. The quantitative estimate of drug-likeness (QED) is 0.576. The predicted octanol–water partition coefficient (Wildman–Crippen LogP) is 0.520. The fourth-order valence-corrected chi connectivity index (χ4v) is 3.04. The van der Waals surface area contributed by atoms with E-state index < -0.39 is 0 Å². The van der Waals surface area contributed by atoms with Gasteiger partial charge in [-0.25, -0.2) is 0 Å². The molecule has 1 saturated heterocycles. The van der Waals surface area contributed by atoms with Gasteiger partial charge in [-0.2, -0.15) is 0 Å². The third-order valence-corrected chi connectivity index (χ3v) is 3.60. The van der Waals surface area contributed by atoms with Crippen LogP contribution in [0.5, 0.6) is 0 Å². The molecule has 0 aromatic heterocycles. The van der Waals surface area contributed by atoms with E-state index in [1.165, 1.54) is 0 Å². The van der Waals surface area contributed by atoms with Crippen molar-refractivity contribution in [1.82, 2.24) is 0 Å². The summed E-state index contributed by atoms with van der Waals surface area (Å²) in [6.07, 6.45) is 2.80. The highest BCUT2D eigenvalue weighted by atomic mass is 16.7. The van der Waals surface area contributed by atoms with E-state index in [1.807, 2.05) is 0 Å². The zero-order valence-corrected chi connectivity index (χ0v) is 7.03. The second kappa shape index (κ2) is 2.22. The summed E-state index contributed by atoms with van der Waals surface area (Å²) in [4.78, 5) is 0. The molecule has 3 rings (SSSR count). The molecule has 1 spiro atoms. The topological polar surface area (TPSA) is 38.7 Å². The van der Waals surface area contributed by atoms with Crippen LogP contribution in [-0.4, -0.2) is 30.2 Å². The second-order valence-electron chi connectivity index (χ2n) is 4.21. The fourth-order valence-electron chi connectivity index (χ4n) is 3.04. The van der Waals surface area contributed by atoms with Crippen LogP contribution in [0.15, 0.2) is 0 Å². The highest BCUT2D eigenvalue weighted by Crippen LogP contribution is 2.54. The van der Waals surface area contributed by atoms with Gasteiger partial charge < -0.3 is 14.6 Å². The van der Waals surface area contributed by atoms with Crippen LogP contribution in [0.1, 0.15) is 19.3 Å². The van der Waals surface area contributed by atoms with Crippen LogP contribution < -0.4 is 0 Å². The number of aliphatic hydroxyl groups is 1. The first-order valence-electron chi connectivity index (χ1n) is 4.76. The molecule has 0 aromatic rings. The van der Waals surface area contributed by atoms with Gasteiger partial charge in [0.15, 0.2) is 5.79 Å². The van der Waals surface area contributed by atoms with Gasteiger partial charge in [0.1, 0.15) is 0 Å². The van der Waals surface area contributed by atoms with E-state index in [1.54, 1.807) is 0 Å². The van der Waals surface area contributed by atoms with Crippen molar-refractivity contribution in [3.05, 3.63) is 0 Å². The molecule has 0 amide bonds. The number of hydrogen-bond acceptors (Lipinski definition) is 3. The van der Waals surface area contributed by atoms with E-state index in [0.717, 1.165) is 32.5 Å². The zero-order valence-electron chi connectivity index (χ0n) is 7.03. The van der Waals surface area contributed by atoms with Crippen LogP contribution in [0.2, 0.25) is 0 Å². The monoisotopic (exact) mass is 170 g/mol. The van der Waals surface area contributed by atoms with Crippen molar-refractivity contribution in [2.24, 2.45) is 11.8 Å². The molecule has 0 unspecified atom stereocenters. The maximum atomic E-state index is 9.55. The molecular formula is C9H14O3. The smallest absolute Gasteiger partial charge is 0.171 e. The second-order valence-corrected chi connectivity index (χ2v) is 4.21. The van der Waals surface area contributed by atoms with Crippen molar-refractivity contribution < 1.29 is 14.6 Å². The summed E-state index contributed by atoms with van der Waals surface area (Å²) >= 11 is 0. The maximum absolute atomic E-state index is 9.55. The summed E-state index contributed by atoms with van der Waals surface area (Å²) in [5.41, 5.74) is 0. The van der Waals surface area contributed by atoms with Crippen LogP contribution in [0.3, 0.4) is 0 Å². The lowest BCUT2D eigenvalue weighted by atomic mass is 9.92. The highest BCUT2D eigenvalue weighted by molar-refractivity contribution is 5.02. The molecule has 12 heavy (non-hydrogen) atoms. The van der Waals surface area contributed by atoms with Crippen LogP contribution in [0, 0.1) is 11.8 Å². The molecule has 3 heteroatoms. The molecular weight excluding hydrogens is 156 g/mol. The van der Waals surface area contributed by atoms with Gasteiger partial charge in [0.05, 0.1) is 19.3 Å². The number of hydrogen-bond donors (Lipinski definition) is 1. The molecule has 3 aliphatic rings. The van der Waals surface area contributed by atoms with E-state index in [-0.39, 0.29) is 11.9 Å². The predicted molar refractivity (Wildman–Crippen MR) is 41.5 cm³/mol. The minimum absolute atomic E-state index is 0.0894. The lowest BCUT2D eigenvalue weighted by Crippen LogP contribution is -2.39. The van der Waals surface area contributed by atoms with Crippen LogP contribution in [0.25, 0.3) is 0 Å². The minimum Gasteiger partial charge on any atom is -0.393 e. The summed E-state index contributed by atoms with van der Waals surface area (Å²) in [6.45, 7) is 1.47. The average molecular weight is 170 g/mol. The highest BCUT2D eigenvalue weighted by Gasteiger charge is 2.58. The molecule has 2 aliphatic carbocycles. The number of ether oxygens (including phenoxy) is 2. The Morgan fingerprint density at radius 1 is 1.17 bits per heavy atom. The van der Waals surface area contributed by atoms with E-state index in [4.69, 9.17) is 9.47 Å². The summed E-state index contributed by atoms with van der Waals surface area (Å²) in [7, 11) is 0. The van der Waals surface area contributed by atoms with Crippen molar-refractivity contribution in [3.8, 4) is 0 Å². The zero-order chi connectivity index (χ0) is 8.18. The number of aliphatic hydroxyl groups excluding tert-OH is 1. The summed E-state index contributed by atoms with van der Waals surface area (Å²) in [6, 6.07) is 0. The first kappa shape index (κ1) is 7.30. The molecule has 2 saturated carbocycles. The van der Waals surface area contributed by atoms with Gasteiger partial charge in [0.2, 0.25) is 0 Å². The Morgan fingerprint density at radius 2 is 1.92 bits per heavy atom. The number of fused-ring (bicyclic) bond motifs is 3. The van der Waals surface area contributed by atoms with E-state index in [2.05, 4.69) is 0 Å². The Labute approximate surface area is 71.7 Å². The Kier molecular flexibility index (Phi) is 1.35. The third-order valence-electron chi connectivity index (χ3n) is 3.60. The molecule has 0 radical (unpaired) electrons. The largest absolute Gasteiger partial charge is 0.393 e. The molecule has 0 aromatic carbocycles. The average Bonchev–Trinajstić information content (AvgIpc) is 2.68. The van der Waals surface area contributed by atoms with Crippen LogP contribution >= 0.6 is 0 Å². The van der Waals surface area contributed by atoms with Gasteiger partial charge in [0.25, 0.3) is 0 Å². The van der Waals surface area contributed by atoms with Gasteiger partial charge in [0, 0.05) is 12.3 Å². The molecule has 3 fully saturated rings. The summed E-state index contributed by atoms with van der Waals surface area (Å²) < 4.78 is 11.3. The van der Waals surface area contributed by atoms with Crippen molar-refractivity contribution in [2.45, 2.75) is 31.2 Å². The van der Waals surface area contributed by atoms with Crippen LogP contribution in [0.4, 0.5) is 0 Å². The van der Waals surface area contributed by atoms with E-state index in [9.17, 15) is 5.11 Å². The van der Waals surface area contributed by atoms with Gasteiger partial charge in [-0.15, -0.1) is 0 Å². The fraction of sp³-hybridized carbons (Fsp3) is 1.00. The van der Waals surface area contributed by atoms with Gasteiger partial charge >= 0.3 is 0 Å². The first-order valence-corrected chi connectivity index (χ1v) is 4.76. The standard InChI is InChI=1S/C9H14O3/c10-8-4-7-3-6(8)5-9(7)11-1-2-12-9/h6-8,10H,1-5H2/t6-,7-,8-/m1/s1. The Bertz CT molecular complexity index is 196. The first-order chi connectivity index (χ1) is 5.80. The molecule has 1 aliphatic heterocycles. The SMILES string of the molecule is O[C@@H]1C[C@H]2C[C@@H]1CC21OCCO1. The van der Waals surface area contributed by atoms with Gasteiger partial charge in [-0.1, -0.05) is 0 Å². The van der Waals surface area contributed by atoms with Crippen molar-refractivity contribution in [3.63, 3.8) is 0 Å². The van der Waals surface area contributed by atoms with E-state index in [0.29, 0.717) is 11.8 Å². The molecule has 2 bridgehead atoms. The van der Waals surface area contributed by atoms with Crippen molar-refractivity contribution in [1.29, 1.82) is 0 Å². The normalized spacial score (nSPS) is 49.2. The van der Waals surface area contributed by atoms with Gasteiger partial charge in [-0.3, -0.25) is 0 Å². The minimum atomic E-state index is -0.274. The molecule has 3 atom stereocenters. The Hall–Kier alpha value is -0.120. The molecule has 3 nitrogen and oxygen atoms in total. The Balaban J connectivity index is 1.85. The summed E-state index contributed by atoms with van der Waals surface area (Å²) in [5.74, 6) is 0.622. The lowest BCUT2D eigenvalue weighted by molar-refractivity contribution is -0.199. The molecule has 1 heterocycles. The van der Waals surface area contributed by atoms with Crippen LogP contribution in [-0.2, 0) is 9.47 Å². The van der Waals surface area contributed by atoms with Gasteiger partial charge in [-0.05, 0) is 18.8 Å².